The largest absolute Gasteiger partial charge is 0.493 e. The number of hydrogen-bond acceptors (Lipinski definition) is 5. The van der Waals surface area contributed by atoms with Crippen molar-refractivity contribution in [1.29, 1.82) is 0 Å². The lowest BCUT2D eigenvalue weighted by Crippen LogP contribution is -2.19. The van der Waals surface area contributed by atoms with Gasteiger partial charge in [-0.2, -0.15) is 0 Å². The maximum absolute atomic E-state index is 12.5. The Morgan fingerprint density at radius 3 is 2.68 bits per heavy atom. The van der Waals surface area contributed by atoms with E-state index in [0.29, 0.717) is 10.4 Å². The summed E-state index contributed by atoms with van der Waals surface area (Å²) in [6.45, 7) is 1.68. The second-order valence-electron chi connectivity index (χ2n) is 6.34. The minimum atomic E-state index is -0.379. The van der Waals surface area contributed by atoms with E-state index in [1.54, 1.807) is 30.3 Å². The van der Waals surface area contributed by atoms with Crippen LogP contribution in [0.5, 0.6) is 5.88 Å². The van der Waals surface area contributed by atoms with Gasteiger partial charge >= 0.3 is 4.87 Å². The van der Waals surface area contributed by atoms with Gasteiger partial charge in [0.25, 0.3) is 0 Å². The Morgan fingerprint density at radius 2 is 1.93 bits per heavy atom. The third-order valence-corrected chi connectivity index (χ3v) is 5.95. The number of allylic oxidation sites excluding steroid dienone is 1. The van der Waals surface area contributed by atoms with Crippen molar-refractivity contribution in [2.45, 2.75) is 13.5 Å². The van der Waals surface area contributed by atoms with Crippen LogP contribution in [0, 0.1) is 0 Å². The molecule has 0 bridgehead atoms. The van der Waals surface area contributed by atoms with E-state index < -0.39 is 0 Å². The number of carbonyl (C=O) groups excluding carboxylic acids is 1. The average molecular weight is 455 g/mol. The Kier molecular flexibility index (Phi) is 4.87. The lowest BCUT2D eigenvalue weighted by Gasteiger charge is -2.04. The van der Waals surface area contributed by atoms with Crippen molar-refractivity contribution >= 4 is 56.1 Å². The smallest absolute Gasteiger partial charge is 0.311 e. The van der Waals surface area contributed by atoms with E-state index in [9.17, 15) is 14.7 Å². The molecular formula is C21H15BrN2O3S. The second kappa shape index (κ2) is 7.33. The van der Waals surface area contributed by atoms with Gasteiger partial charge in [0.2, 0.25) is 5.88 Å². The molecule has 0 saturated carbocycles. The number of halogens is 1. The maximum Gasteiger partial charge on any atom is 0.311 e. The van der Waals surface area contributed by atoms with E-state index in [4.69, 9.17) is 0 Å². The van der Waals surface area contributed by atoms with E-state index in [-0.39, 0.29) is 23.1 Å². The van der Waals surface area contributed by atoms with Crippen molar-refractivity contribution < 1.29 is 9.90 Å². The summed E-state index contributed by atoms with van der Waals surface area (Å²) in [6, 6.07) is 14.6. The molecule has 4 rings (SSSR count). The lowest BCUT2D eigenvalue weighted by atomic mass is 10.0. The number of aliphatic imine (C=N–C) groups is 1. The van der Waals surface area contributed by atoms with Crippen LogP contribution in [-0.4, -0.2) is 21.2 Å². The number of nitrogens with zero attached hydrogens (tertiary/aromatic N) is 2. The van der Waals surface area contributed by atoms with Gasteiger partial charge < -0.3 is 5.11 Å². The van der Waals surface area contributed by atoms with Crippen LogP contribution in [0.3, 0.4) is 0 Å². The first kappa shape index (κ1) is 18.6. The molecule has 0 radical (unpaired) electrons. The predicted molar refractivity (Wildman–Crippen MR) is 116 cm³/mol. The van der Waals surface area contributed by atoms with Crippen LogP contribution < -0.4 is 4.87 Å². The van der Waals surface area contributed by atoms with Crippen LogP contribution >= 0.6 is 27.3 Å². The number of rotatable bonds is 4. The van der Waals surface area contributed by atoms with E-state index in [2.05, 4.69) is 20.9 Å². The topological polar surface area (TPSA) is 71.7 Å². The fourth-order valence-corrected chi connectivity index (χ4v) is 4.16. The molecule has 5 nitrogen and oxygen atoms in total. The average Bonchev–Trinajstić information content (AvgIpc) is 3.13. The summed E-state index contributed by atoms with van der Waals surface area (Å²) in [7, 11) is 0. The van der Waals surface area contributed by atoms with Crippen molar-refractivity contribution in [3.8, 4) is 5.88 Å². The highest BCUT2D eigenvalue weighted by atomic mass is 79.9. The zero-order valence-corrected chi connectivity index (χ0v) is 17.3. The predicted octanol–water partition coefficient (Wildman–Crippen LogP) is 4.91. The molecule has 1 aromatic heterocycles. The Balaban J connectivity index is 1.67. The van der Waals surface area contributed by atoms with E-state index in [1.165, 1.54) is 0 Å². The highest BCUT2D eigenvalue weighted by Crippen LogP contribution is 2.37. The molecule has 0 fully saturated rings. The maximum atomic E-state index is 12.5. The molecule has 0 atom stereocenters. The van der Waals surface area contributed by atoms with Crippen LogP contribution in [0.15, 0.2) is 62.8 Å². The summed E-state index contributed by atoms with van der Waals surface area (Å²) in [5, 5.41) is 10.6. The number of ketones is 1. The molecule has 0 saturated heterocycles. The number of para-hydroxylation sites is 1. The third-order valence-electron chi connectivity index (χ3n) is 4.51. The number of fused-ring (bicyclic) bond motifs is 1. The molecule has 2 aromatic carbocycles. The van der Waals surface area contributed by atoms with Gasteiger partial charge in [-0.1, -0.05) is 57.6 Å². The van der Waals surface area contributed by atoms with Crippen molar-refractivity contribution in [1.82, 2.24) is 4.57 Å². The lowest BCUT2D eigenvalue weighted by molar-refractivity contribution is 0.0968. The summed E-state index contributed by atoms with van der Waals surface area (Å²) in [6.07, 6.45) is 1.76. The quantitative estimate of drug-likeness (QED) is 0.569. The Hall–Kier alpha value is -2.77. The van der Waals surface area contributed by atoms with Gasteiger partial charge in [-0.05, 0) is 31.2 Å². The molecule has 0 amide bonds. The van der Waals surface area contributed by atoms with Gasteiger partial charge in [-0.15, -0.1) is 0 Å². The molecule has 0 unspecified atom stereocenters. The SMILES string of the molecule is CC1=Nc2ccccc2C1=Cc1sc(=O)n(CC(=O)c2ccc(Br)cc2)c1O. The first-order chi connectivity index (χ1) is 13.4. The van der Waals surface area contributed by atoms with Crippen LogP contribution in [0.4, 0.5) is 5.69 Å². The number of hydrogen-bond donors (Lipinski definition) is 1. The summed E-state index contributed by atoms with van der Waals surface area (Å²) in [4.78, 5) is 29.4. The zero-order valence-electron chi connectivity index (χ0n) is 14.8. The van der Waals surface area contributed by atoms with Crippen LogP contribution in [0.2, 0.25) is 0 Å². The Morgan fingerprint density at radius 1 is 1.21 bits per heavy atom. The first-order valence-electron chi connectivity index (χ1n) is 8.52. The molecule has 1 N–H and O–H groups in total. The first-order valence-corrected chi connectivity index (χ1v) is 10.1. The van der Waals surface area contributed by atoms with E-state index in [1.807, 2.05) is 31.2 Å². The molecule has 0 aliphatic carbocycles. The Labute approximate surface area is 173 Å². The molecule has 28 heavy (non-hydrogen) atoms. The monoisotopic (exact) mass is 454 g/mol. The molecule has 1 aliphatic heterocycles. The van der Waals surface area contributed by atoms with Crippen LogP contribution in [0.1, 0.15) is 27.7 Å². The zero-order chi connectivity index (χ0) is 19.8. The highest BCUT2D eigenvalue weighted by molar-refractivity contribution is 9.10. The van der Waals surface area contributed by atoms with Crippen LogP contribution in [0.25, 0.3) is 11.6 Å². The fraction of sp³-hybridized carbons (Fsp3) is 0.0952. The molecule has 140 valence electrons. The summed E-state index contributed by atoms with van der Waals surface area (Å²) in [5.41, 5.74) is 3.98. The number of benzene rings is 2. The minimum absolute atomic E-state index is 0.204. The number of aromatic hydroxyl groups is 1. The summed E-state index contributed by atoms with van der Waals surface area (Å²) >= 11 is 4.24. The number of Topliss-reactive ketones (excluding diaryl/α,β-unsaturated/α-hetero) is 1. The van der Waals surface area contributed by atoms with Crippen molar-refractivity contribution in [3.05, 3.63) is 78.7 Å². The fourth-order valence-electron chi connectivity index (χ4n) is 3.07. The van der Waals surface area contributed by atoms with Gasteiger partial charge in [0.1, 0.15) is 0 Å². The van der Waals surface area contributed by atoms with Gasteiger partial charge in [0, 0.05) is 26.9 Å². The number of carbonyl (C=O) groups is 1. The van der Waals surface area contributed by atoms with Gasteiger partial charge in [-0.3, -0.25) is 19.1 Å². The third kappa shape index (κ3) is 3.39. The molecule has 1 aliphatic rings. The summed E-state index contributed by atoms with van der Waals surface area (Å²) in [5.74, 6) is -0.448. The van der Waals surface area contributed by atoms with Crippen molar-refractivity contribution in [2.75, 3.05) is 0 Å². The number of aromatic nitrogens is 1. The molecular weight excluding hydrogens is 440 g/mol. The van der Waals surface area contributed by atoms with Crippen molar-refractivity contribution in [2.24, 2.45) is 4.99 Å². The Bertz CT molecular complexity index is 1200. The normalized spacial score (nSPS) is 14.2. The van der Waals surface area contributed by atoms with Gasteiger partial charge in [0.05, 0.1) is 17.1 Å². The van der Waals surface area contributed by atoms with Crippen LogP contribution in [-0.2, 0) is 6.54 Å². The van der Waals surface area contributed by atoms with Gasteiger partial charge in [0.15, 0.2) is 5.78 Å². The molecule has 7 heteroatoms. The molecule has 0 spiro atoms. The van der Waals surface area contributed by atoms with Crippen molar-refractivity contribution in [3.63, 3.8) is 0 Å². The summed E-state index contributed by atoms with van der Waals surface area (Å²) < 4.78 is 1.97. The minimum Gasteiger partial charge on any atom is -0.493 e. The van der Waals surface area contributed by atoms with E-state index >= 15 is 0 Å². The van der Waals surface area contributed by atoms with E-state index in [0.717, 1.165) is 42.9 Å². The number of thiazole rings is 1. The molecule has 3 aromatic rings. The second-order valence-corrected chi connectivity index (χ2v) is 8.25. The standard InChI is InChI=1S/C21H15BrN2O3S/c1-12-16(15-4-2-3-5-17(15)23-12)10-19-20(26)24(21(27)28-19)11-18(25)13-6-8-14(22)9-7-13/h2-10,26H,11H2,1H3. The molecule has 2 heterocycles. The van der Waals surface area contributed by atoms with Gasteiger partial charge in [-0.25, -0.2) is 0 Å². The highest BCUT2D eigenvalue weighted by Gasteiger charge is 2.21.